The monoisotopic (exact) mass is 336 g/mol. The lowest BCUT2D eigenvalue weighted by atomic mass is 9.93. The van der Waals surface area contributed by atoms with Gasteiger partial charge in [-0.1, -0.05) is 97.1 Å². The van der Waals surface area contributed by atoms with Crippen LogP contribution < -0.4 is 0 Å². The van der Waals surface area contributed by atoms with Crippen molar-refractivity contribution in [3.8, 4) is 28.0 Å². The molecule has 0 bridgehead atoms. The second-order valence-electron chi connectivity index (χ2n) is 6.43. The van der Waals surface area contributed by atoms with Crippen LogP contribution in [0.15, 0.2) is 103 Å². The third kappa shape index (κ3) is 3.38. The first-order chi connectivity index (χ1) is 12.8. The van der Waals surface area contributed by atoms with Crippen LogP contribution in [0.5, 0.6) is 5.75 Å². The fourth-order valence-corrected chi connectivity index (χ4v) is 3.32. The summed E-state index contributed by atoms with van der Waals surface area (Å²) in [6, 6.07) is 34.8. The predicted octanol–water partition coefficient (Wildman–Crippen LogP) is 6.32. The molecule has 4 aromatic carbocycles. The highest BCUT2D eigenvalue weighted by Crippen LogP contribution is 2.38. The molecular weight excluding hydrogens is 316 g/mol. The van der Waals surface area contributed by atoms with Gasteiger partial charge >= 0.3 is 0 Å². The highest BCUT2D eigenvalue weighted by atomic mass is 16.3. The van der Waals surface area contributed by atoms with Crippen LogP contribution in [0, 0.1) is 0 Å². The normalized spacial score (nSPS) is 10.6. The van der Waals surface area contributed by atoms with Crippen LogP contribution in [0.1, 0.15) is 11.1 Å². The van der Waals surface area contributed by atoms with E-state index in [1.807, 2.05) is 42.5 Å². The van der Waals surface area contributed by atoms with E-state index in [4.69, 9.17) is 0 Å². The first kappa shape index (κ1) is 16.2. The first-order valence-corrected chi connectivity index (χ1v) is 8.82. The molecule has 1 nitrogen and oxygen atoms in total. The molecule has 0 spiro atoms. The highest BCUT2D eigenvalue weighted by molar-refractivity contribution is 5.87. The lowest BCUT2D eigenvalue weighted by Crippen LogP contribution is -1.89. The molecule has 0 heterocycles. The van der Waals surface area contributed by atoms with E-state index in [9.17, 15) is 5.11 Å². The Balaban J connectivity index is 1.69. The zero-order chi connectivity index (χ0) is 17.8. The maximum Gasteiger partial charge on any atom is 0.124 e. The van der Waals surface area contributed by atoms with Crippen molar-refractivity contribution in [2.75, 3.05) is 0 Å². The van der Waals surface area contributed by atoms with Crippen molar-refractivity contribution >= 4 is 0 Å². The standard InChI is InChI=1S/C25H20O/c26-24-13-7-12-23(25(24)22-10-5-2-6-11-22)21-16-14-20(15-17-21)18-19-8-3-1-4-9-19/h1-17,26H,18H2. The fraction of sp³-hybridized carbons (Fsp3) is 0.0400. The molecule has 0 aliphatic rings. The molecule has 1 N–H and O–H groups in total. The Bertz CT molecular complexity index is 987. The van der Waals surface area contributed by atoms with Crippen molar-refractivity contribution in [2.45, 2.75) is 6.42 Å². The van der Waals surface area contributed by atoms with E-state index in [1.165, 1.54) is 11.1 Å². The molecule has 1 heteroatoms. The smallest absolute Gasteiger partial charge is 0.124 e. The van der Waals surface area contributed by atoms with Crippen molar-refractivity contribution in [1.29, 1.82) is 0 Å². The Morgan fingerprint density at radius 1 is 0.500 bits per heavy atom. The van der Waals surface area contributed by atoms with Gasteiger partial charge in [0.05, 0.1) is 0 Å². The Morgan fingerprint density at radius 2 is 1.12 bits per heavy atom. The summed E-state index contributed by atoms with van der Waals surface area (Å²) in [5, 5.41) is 10.5. The summed E-state index contributed by atoms with van der Waals surface area (Å²) in [5.41, 5.74) is 6.64. The summed E-state index contributed by atoms with van der Waals surface area (Å²) in [7, 11) is 0. The van der Waals surface area contributed by atoms with E-state index in [0.29, 0.717) is 5.75 Å². The van der Waals surface area contributed by atoms with Crippen LogP contribution >= 0.6 is 0 Å². The summed E-state index contributed by atoms with van der Waals surface area (Å²) in [5.74, 6) is 0.307. The molecule has 26 heavy (non-hydrogen) atoms. The van der Waals surface area contributed by atoms with Crippen LogP contribution in [0.4, 0.5) is 0 Å². The van der Waals surface area contributed by atoms with Crippen LogP contribution in [0.25, 0.3) is 22.3 Å². The molecule has 0 unspecified atom stereocenters. The van der Waals surface area contributed by atoms with Crippen molar-refractivity contribution in [1.82, 2.24) is 0 Å². The Kier molecular flexibility index (Phi) is 4.53. The molecule has 4 rings (SSSR count). The van der Waals surface area contributed by atoms with Crippen molar-refractivity contribution in [2.24, 2.45) is 0 Å². The van der Waals surface area contributed by atoms with Crippen LogP contribution in [0.2, 0.25) is 0 Å². The van der Waals surface area contributed by atoms with E-state index in [1.54, 1.807) is 6.07 Å². The van der Waals surface area contributed by atoms with Crippen molar-refractivity contribution < 1.29 is 5.11 Å². The number of aromatic hydroxyl groups is 1. The Hall–Kier alpha value is -3.32. The average Bonchev–Trinajstić information content (AvgIpc) is 2.70. The van der Waals surface area contributed by atoms with Gasteiger partial charge in [0.1, 0.15) is 5.75 Å². The molecule has 0 aliphatic carbocycles. The summed E-state index contributed by atoms with van der Waals surface area (Å²) in [6.45, 7) is 0. The number of hydrogen-bond donors (Lipinski definition) is 1. The zero-order valence-electron chi connectivity index (χ0n) is 14.5. The largest absolute Gasteiger partial charge is 0.507 e. The second kappa shape index (κ2) is 7.28. The topological polar surface area (TPSA) is 20.2 Å². The molecule has 0 radical (unpaired) electrons. The zero-order valence-corrected chi connectivity index (χ0v) is 14.5. The molecule has 0 saturated carbocycles. The molecule has 0 amide bonds. The highest BCUT2D eigenvalue weighted by Gasteiger charge is 2.11. The summed E-state index contributed by atoms with van der Waals surface area (Å²) >= 11 is 0. The number of phenolic OH excluding ortho intramolecular Hbond substituents is 1. The minimum Gasteiger partial charge on any atom is -0.507 e. The minimum atomic E-state index is 0.307. The maximum atomic E-state index is 10.5. The van der Waals surface area contributed by atoms with Gasteiger partial charge < -0.3 is 5.11 Å². The number of hydrogen-bond acceptors (Lipinski definition) is 1. The Morgan fingerprint density at radius 3 is 1.81 bits per heavy atom. The lowest BCUT2D eigenvalue weighted by Gasteiger charge is -2.13. The summed E-state index contributed by atoms with van der Waals surface area (Å²) in [6.07, 6.45) is 0.923. The molecule has 0 atom stereocenters. The first-order valence-electron chi connectivity index (χ1n) is 8.82. The van der Waals surface area contributed by atoms with E-state index in [0.717, 1.165) is 28.7 Å². The van der Waals surface area contributed by atoms with Crippen LogP contribution in [0.3, 0.4) is 0 Å². The second-order valence-corrected chi connectivity index (χ2v) is 6.43. The number of benzene rings is 4. The van der Waals surface area contributed by atoms with Gasteiger partial charge in [-0.3, -0.25) is 0 Å². The molecule has 126 valence electrons. The minimum absolute atomic E-state index is 0.307. The van der Waals surface area contributed by atoms with Gasteiger partial charge in [0.2, 0.25) is 0 Å². The number of rotatable bonds is 4. The van der Waals surface area contributed by atoms with Gasteiger partial charge in [0, 0.05) is 5.56 Å². The number of phenols is 1. The van der Waals surface area contributed by atoms with Crippen LogP contribution in [-0.4, -0.2) is 5.11 Å². The third-order valence-corrected chi connectivity index (χ3v) is 4.62. The van der Waals surface area contributed by atoms with Crippen LogP contribution in [-0.2, 0) is 6.42 Å². The SMILES string of the molecule is Oc1cccc(-c2ccc(Cc3ccccc3)cc2)c1-c1ccccc1. The third-order valence-electron chi connectivity index (χ3n) is 4.62. The summed E-state index contributed by atoms with van der Waals surface area (Å²) < 4.78 is 0. The van der Waals surface area contributed by atoms with E-state index < -0.39 is 0 Å². The van der Waals surface area contributed by atoms with Crippen molar-refractivity contribution in [3.05, 3.63) is 114 Å². The molecule has 0 aromatic heterocycles. The molecule has 0 aliphatic heterocycles. The fourth-order valence-electron chi connectivity index (χ4n) is 3.32. The van der Waals surface area contributed by atoms with Gasteiger partial charge in [-0.25, -0.2) is 0 Å². The van der Waals surface area contributed by atoms with Gasteiger partial charge in [-0.15, -0.1) is 0 Å². The molecule has 0 saturated heterocycles. The predicted molar refractivity (Wildman–Crippen MR) is 108 cm³/mol. The van der Waals surface area contributed by atoms with E-state index in [-0.39, 0.29) is 0 Å². The van der Waals surface area contributed by atoms with Gasteiger partial charge in [0.25, 0.3) is 0 Å². The summed E-state index contributed by atoms with van der Waals surface area (Å²) in [4.78, 5) is 0. The van der Waals surface area contributed by atoms with Gasteiger partial charge in [0.15, 0.2) is 0 Å². The maximum absolute atomic E-state index is 10.5. The quantitative estimate of drug-likeness (QED) is 0.462. The lowest BCUT2D eigenvalue weighted by molar-refractivity contribution is 0.477. The van der Waals surface area contributed by atoms with E-state index in [2.05, 4.69) is 54.6 Å². The molecular formula is C25H20O. The van der Waals surface area contributed by atoms with Gasteiger partial charge in [-0.05, 0) is 40.3 Å². The van der Waals surface area contributed by atoms with Crippen molar-refractivity contribution in [3.63, 3.8) is 0 Å². The average molecular weight is 336 g/mol. The van der Waals surface area contributed by atoms with E-state index >= 15 is 0 Å². The van der Waals surface area contributed by atoms with Gasteiger partial charge in [-0.2, -0.15) is 0 Å². The Labute approximate surface area is 154 Å². The molecule has 0 fully saturated rings. The molecule has 4 aromatic rings.